The molecule has 134 valence electrons. The van der Waals surface area contributed by atoms with Crippen molar-refractivity contribution >= 4 is 10.8 Å². The maximum Gasteiger partial charge on any atom is 0.155 e. The fourth-order valence-corrected chi connectivity index (χ4v) is 3.69. The van der Waals surface area contributed by atoms with E-state index in [0.29, 0.717) is 6.61 Å². The molecule has 26 heavy (non-hydrogen) atoms. The van der Waals surface area contributed by atoms with E-state index in [1.165, 1.54) is 16.3 Å². The number of ether oxygens (including phenoxy) is 2. The van der Waals surface area contributed by atoms with Crippen LogP contribution in [0.4, 0.5) is 0 Å². The minimum atomic E-state index is 0.0833. The van der Waals surface area contributed by atoms with Gasteiger partial charge in [0.15, 0.2) is 6.23 Å². The average molecular weight is 347 g/mol. The molecule has 0 radical (unpaired) electrons. The SMILES string of the molecule is CCN1CC(OCc2cccc3ccccc23)CC1Oc1ccccc1. The Labute approximate surface area is 155 Å². The highest BCUT2D eigenvalue weighted by atomic mass is 16.5. The summed E-state index contributed by atoms with van der Waals surface area (Å²) in [6.45, 7) is 4.69. The first-order valence-electron chi connectivity index (χ1n) is 9.37. The number of para-hydroxylation sites is 1. The number of hydrogen-bond donors (Lipinski definition) is 0. The smallest absolute Gasteiger partial charge is 0.155 e. The van der Waals surface area contributed by atoms with Crippen LogP contribution in [0.15, 0.2) is 72.8 Å². The highest BCUT2D eigenvalue weighted by Gasteiger charge is 2.33. The number of fused-ring (bicyclic) bond motifs is 1. The van der Waals surface area contributed by atoms with Gasteiger partial charge in [-0.1, -0.05) is 67.6 Å². The van der Waals surface area contributed by atoms with Gasteiger partial charge in [-0.25, -0.2) is 0 Å². The summed E-state index contributed by atoms with van der Waals surface area (Å²) in [4.78, 5) is 2.35. The van der Waals surface area contributed by atoms with Gasteiger partial charge in [0.25, 0.3) is 0 Å². The minimum Gasteiger partial charge on any atom is -0.475 e. The van der Waals surface area contributed by atoms with E-state index in [2.05, 4.69) is 54.3 Å². The lowest BCUT2D eigenvalue weighted by Crippen LogP contribution is -2.33. The second kappa shape index (κ2) is 7.90. The molecule has 3 aromatic carbocycles. The van der Waals surface area contributed by atoms with Crippen LogP contribution in [0.1, 0.15) is 18.9 Å². The predicted molar refractivity (Wildman–Crippen MR) is 105 cm³/mol. The van der Waals surface area contributed by atoms with Crippen LogP contribution in [0.3, 0.4) is 0 Å². The summed E-state index contributed by atoms with van der Waals surface area (Å²) >= 11 is 0. The van der Waals surface area contributed by atoms with Crippen molar-refractivity contribution in [2.45, 2.75) is 32.3 Å². The average Bonchev–Trinajstić information content (AvgIpc) is 3.09. The molecule has 1 aliphatic heterocycles. The van der Waals surface area contributed by atoms with Crippen LogP contribution < -0.4 is 4.74 Å². The quantitative estimate of drug-likeness (QED) is 0.636. The van der Waals surface area contributed by atoms with E-state index in [0.717, 1.165) is 25.3 Å². The fourth-order valence-electron chi connectivity index (χ4n) is 3.69. The van der Waals surface area contributed by atoms with Crippen molar-refractivity contribution in [1.82, 2.24) is 4.90 Å². The molecule has 3 aromatic rings. The molecule has 3 heteroatoms. The molecule has 0 bridgehead atoms. The molecule has 0 amide bonds. The van der Waals surface area contributed by atoms with Gasteiger partial charge < -0.3 is 9.47 Å². The van der Waals surface area contributed by atoms with Crippen molar-refractivity contribution in [3.05, 3.63) is 78.4 Å². The Morgan fingerprint density at radius 2 is 1.69 bits per heavy atom. The first kappa shape index (κ1) is 17.1. The molecule has 0 saturated carbocycles. The summed E-state index contributed by atoms with van der Waals surface area (Å²) in [5, 5.41) is 2.54. The van der Waals surface area contributed by atoms with Crippen LogP contribution in [0.25, 0.3) is 10.8 Å². The van der Waals surface area contributed by atoms with Crippen molar-refractivity contribution in [2.24, 2.45) is 0 Å². The number of likely N-dealkylation sites (N-methyl/N-ethyl adjacent to an activating group) is 1. The Balaban J connectivity index is 1.41. The maximum atomic E-state index is 6.28. The van der Waals surface area contributed by atoms with Crippen LogP contribution in [-0.2, 0) is 11.3 Å². The molecule has 1 fully saturated rings. The summed E-state index contributed by atoms with van der Waals surface area (Å²) in [7, 11) is 0. The zero-order valence-corrected chi connectivity index (χ0v) is 15.2. The largest absolute Gasteiger partial charge is 0.475 e. The molecular formula is C23H25NO2. The lowest BCUT2D eigenvalue weighted by molar-refractivity contribution is 0.0453. The molecule has 0 N–H and O–H groups in total. The molecule has 1 aliphatic rings. The van der Waals surface area contributed by atoms with E-state index in [1.54, 1.807) is 0 Å². The Kier molecular flexibility index (Phi) is 5.19. The molecule has 1 saturated heterocycles. The number of nitrogens with zero attached hydrogens (tertiary/aromatic N) is 1. The number of benzene rings is 3. The van der Waals surface area contributed by atoms with Crippen LogP contribution in [-0.4, -0.2) is 30.3 Å². The summed E-state index contributed by atoms with van der Waals surface area (Å²) in [6, 6.07) is 25.0. The van der Waals surface area contributed by atoms with E-state index in [9.17, 15) is 0 Å². The number of rotatable bonds is 6. The van der Waals surface area contributed by atoms with Crippen molar-refractivity contribution in [2.75, 3.05) is 13.1 Å². The van der Waals surface area contributed by atoms with Crippen molar-refractivity contribution in [3.63, 3.8) is 0 Å². The lowest BCUT2D eigenvalue weighted by Gasteiger charge is -2.23. The first-order valence-corrected chi connectivity index (χ1v) is 9.37. The fraction of sp³-hybridized carbons (Fsp3) is 0.304. The van der Waals surface area contributed by atoms with Crippen molar-refractivity contribution < 1.29 is 9.47 Å². The Morgan fingerprint density at radius 3 is 2.54 bits per heavy atom. The summed E-state index contributed by atoms with van der Waals surface area (Å²) in [5.41, 5.74) is 1.25. The molecule has 3 nitrogen and oxygen atoms in total. The van der Waals surface area contributed by atoms with E-state index in [1.807, 2.05) is 30.3 Å². The third-order valence-electron chi connectivity index (χ3n) is 5.09. The molecule has 1 heterocycles. The van der Waals surface area contributed by atoms with E-state index < -0.39 is 0 Å². The van der Waals surface area contributed by atoms with Crippen LogP contribution in [0.2, 0.25) is 0 Å². The Morgan fingerprint density at radius 1 is 0.923 bits per heavy atom. The Hall–Kier alpha value is -2.36. The van der Waals surface area contributed by atoms with Crippen LogP contribution >= 0.6 is 0 Å². The van der Waals surface area contributed by atoms with Gasteiger partial charge in [-0.2, -0.15) is 0 Å². The lowest BCUT2D eigenvalue weighted by atomic mass is 10.1. The standard InChI is InChI=1S/C23H25NO2/c1-2-24-16-21(15-23(24)26-20-12-4-3-5-13-20)25-17-19-11-8-10-18-9-6-7-14-22(18)19/h3-14,21,23H,2,15-17H2,1H3. The monoisotopic (exact) mass is 347 g/mol. The van der Waals surface area contributed by atoms with Gasteiger partial charge in [-0.3, -0.25) is 4.90 Å². The summed E-state index contributed by atoms with van der Waals surface area (Å²) in [6.07, 6.45) is 1.18. The van der Waals surface area contributed by atoms with Gasteiger partial charge in [-0.15, -0.1) is 0 Å². The van der Waals surface area contributed by atoms with Gasteiger partial charge in [0, 0.05) is 13.0 Å². The van der Waals surface area contributed by atoms with Crippen molar-refractivity contribution in [3.8, 4) is 5.75 Å². The molecule has 0 aliphatic carbocycles. The molecular weight excluding hydrogens is 322 g/mol. The number of hydrogen-bond acceptors (Lipinski definition) is 3. The zero-order valence-electron chi connectivity index (χ0n) is 15.2. The molecule has 4 rings (SSSR count). The summed E-state index contributed by atoms with van der Waals surface area (Å²) in [5.74, 6) is 0.922. The highest BCUT2D eigenvalue weighted by Crippen LogP contribution is 2.26. The van der Waals surface area contributed by atoms with E-state index in [4.69, 9.17) is 9.47 Å². The molecule has 0 aromatic heterocycles. The second-order valence-corrected chi connectivity index (χ2v) is 6.78. The second-order valence-electron chi connectivity index (χ2n) is 6.78. The predicted octanol–water partition coefficient (Wildman–Crippen LogP) is 4.86. The zero-order chi connectivity index (χ0) is 17.8. The Bertz CT molecular complexity index is 844. The van der Waals surface area contributed by atoms with Gasteiger partial charge in [0.05, 0.1) is 12.7 Å². The third kappa shape index (κ3) is 3.74. The molecule has 2 unspecified atom stereocenters. The normalized spacial score (nSPS) is 20.5. The third-order valence-corrected chi connectivity index (χ3v) is 5.09. The molecule has 0 spiro atoms. The van der Waals surface area contributed by atoms with Gasteiger partial charge in [0.1, 0.15) is 5.75 Å². The van der Waals surface area contributed by atoms with Crippen LogP contribution in [0.5, 0.6) is 5.75 Å². The van der Waals surface area contributed by atoms with Crippen LogP contribution in [0, 0.1) is 0 Å². The topological polar surface area (TPSA) is 21.7 Å². The highest BCUT2D eigenvalue weighted by molar-refractivity contribution is 5.85. The number of likely N-dealkylation sites (tertiary alicyclic amines) is 1. The van der Waals surface area contributed by atoms with Gasteiger partial charge in [-0.05, 0) is 35.0 Å². The first-order chi connectivity index (χ1) is 12.8. The van der Waals surface area contributed by atoms with E-state index >= 15 is 0 Å². The maximum absolute atomic E-state index is 6.28. The summed E-state index contributed by atoms with van der Waals surface area (Å²) < 4.78 is 12.5. The van der Waals surface area contributed by atoms with Gasteiger partial charge in [0.2, 0.25) is 0 Å². The van der Waals surface area contributed by atoms with Gasteiger partial charge >= 0.3 is 0 Å². The van der Waals surface area contributed by atoms with Crippen molar-refractivity contribution in [1.29, 1.82) is 0 Å². The molecule has 2 atom stereocenters. The minimum absolute atomic E-state index is 0.0833. The van der Waals surface area contributed by atoms with E-state index in [-0.39, 0.29) is 12.3 Å².